The summed E-state index contributed by atoms with van der Waals surface area (Å²) in [5.41, 5.74) is 3.69. The molecule has 1 aromatic heterocycles. The summed E-state index contributed by atoms with van der Waals surface area (Å²) in [5, 5.41) is 2.83. The Hall–Kier alpha value is -3.54. The molecule has 1 unspecified atom stereocenters. The zero-order valence-corrected chi connectivity index (χ0v) is 16.2. The molecule has 2 heterocycles. The molecule has 2 aromatic carbocycles. The Morgan fingerprint density at radius 1 is 1.07 bits per heavy atom. The van der Waals surface area contributed by atoms with E-state index in [1.54, 1.807) is 17.3 Å². The number of rotatable bonds is 5. The highest BCUT2D eigenvalue weighted by Gasteiger charge is 2.34. The molecule has 146 valence electrons. The van der Waals surface area contributed by atoms with Crippen molar-refractivity contribution >= 4 is 17.5 Å². The minimum absolute atomic E-state index is 0.00130. The van der Waals surface area contributed by atoms with Gasteiger partial charge in [-0.3, -0.25) is 9.59 Å². The molecule has 1 aliphatic heterocycles. The maximum Gasteiger partial charge on any atom is 0.229 e. The van der Waals surface area contributed by atoms with Gasteiger partial charge in [0, 0.05) is 25.1 Å². The molecular formula is C23H22N4O2. The molecule has 6 heteroatoms. The number of aromatic nitrogens is 2. The molecule has 0 radical (unpaired) electrons. The second kappa shape index (κ2) is 8.22. The summed E-state index contributed by atoms with van der Waals surface area (Å²) in [4.78, 5) is 35.3. The highest BCUT2D eigenvalue weighted by molar-refractivity contribution is 5.97. The molecule has 1 atom stereocenters. The van der Waals surface area contributed by atoms with Gasteiger partial charge in [-0.05, 0) is 12.5 Å². The number of carbonyl (C=O) groups is 2. The van der Waals surface area contributed by atoms with Gasteiger partial charge in [-0.2, -0.15) is 0 Å². The smallest absolute Gasteiger partial charge is 0.229 e. The minimum atomic E-state index is -0.373. The zero-order chi connectivity index (χ0) is 20.2. The van der Waals surface area contributed by atoms with Gasteiger partial charge in [0.2, 0.25) is 11.8 Å². The van der Waals surface area contributed by atoms with Crippen LogP contribution in [0.5, 0.6) is 0 Å². The number of aryl methyl sites for hydroxylation is 1. The molecule has 1 N–H and O–H groups in total. The highest BCUT2D eigenvalue weighted by atomic mass is 16.2. The van der Waals surface area contributed by atoms with Crippen molar-refractivity contribution in [2.24, 2.45) is 5.92 Å². The second-order valence-corrected chi connectivity index (χ2v) is 7.31. The van der Waals surface area contributed by atoms with Crippen molar-refractivity contribution in [2.45, 2.75) is 19.9 Å². The molecule has 0 aliphatic carbocycles. The first-order chi connectivity index (χ1) is 14.1. The quantitative estimate of drug-likeness (QED) is 0.729. The molecule has 1 aliphatic rings. The van der Waals surface area contributed by atoms with Gasteiger partial charge >= 0.3 is 0 Å². The first-order valence-electron chi connectivity index (χ1n) is 9.60. The largest absolute Gasteiger partial charge is 0.338 e. The van der Waals surface area contributed by atoms with E-state index in [2.05, 4.69) is 15.3 Å². The topological polar surface area (TPSA) is 75.2 Å². The molecule has 1 saturated heterocycles. The number of nitrogens with one attached hydrogen (secondary N) is 1. The van der Waals surface area contributed by atoms with Crippen molar-refractivity contribution in [3.63, 3.8) is 0 Å². The van der Waals surface area contributed by atoms with Gasteiger partial charge in [-0.1, -0.05) is 60.2 Å². The summed E-state index contributed by atoms with van der Waals surface area (Å²) >= 11 is 0. The predicted molar refractivity (Wildman–Crippen MR) is 111 cm³/mol. The van der Waals surface area contributed by atoms with Crippen LogP contribution in [0.25, 0.3) is 11.4 Å². The lowest BCUT2D eigenvalue weighted by molar-refractivity contribution is -0.128. The third-order valence-corrected chi connectivity index (χ3v) is 5.03. The lowest BCUT2D eigenvalue weighted by atomic mass is 10.1. The van der Waals surface area contributed by atoms with E-state index in [-0.39, 0.29) is 24.2 Å². The average Bonchev–Trinajstić information content (AvgIpc) is 3.11. The van der Waals surface area contributed by atoms with Crippen LogP contribution in [0.2, 0.25) is 0 Å². The van der Waals surface area contributed by atoms with Gasteiger partial charge in [-0.25, -0.2) is 9.97 Å². The maximum atomic E-state index is 12.6. The fourth-order valence-electron chi connectivity index (χ4n) is 3.39. The molecule has 4 rings (SSSR count). The number of carbonyl (C=O) groups excluding carboxylic acids is 2. The van der Waals surface area contributed by atoms with Crippen LogP contribution in [0, 0.1) is 12.8 Å². The summed E-state index contributed by atoms with van der Waals surface area (Å²) < 4.78 is 0. The Labute approximate surface area is 169 Å². The molecule has 1 fully saturated rings. The van der Waals surface area contributed by atoms with Crippen LogP contribution in [-0.4, -0.2) is 33.2 Å². The first kappa shape index (κ1) is 18.8. The highest BCUT2D eigenvalue weighted by Crippen LogP contribution is 2.22. The number of anilines is 1. The second-order valence-electron chi connectivity index (χ2n) is 7.31. The Balaban J connectivity index is 1.36. The van der Waals surface area contributed by atoms with Crippen LogP contribution in [0.1, 0.15) is 17.5 Å². The lowest BCUT2D eigenvalue weighted by Gasteiger charge is -2.17. The number of hydrogen-bond donors (Lipinski definition) is 1. The van der Waals surface area contributed by atoms with Crippen LogP contribution in [-0.2, 0) is 16.1 Å². The van der Waals surface area contributed by atoms with Crippen molar-refractivity contribution in [1.29, 1.82) is 0 Å². The third kappa shape index (κ3) is 4.48. The fraction of sp³-hybridized carbons (Fsp3) is 0.217. The Morgan fingerprint density at radius 2 is 1.76 bits per heavy atom. The van der Waals surface area contributed by atoms with Gasteiger partial charge in [0.1, 0.15) is 0 Å². The minimum Gasteiger partial charge on any atom is -0.338 e. The van der Waals surface area contributed by atoms with Gasteiger partial charge in [0.05, 0.1) is 24.0 Å². The summed E-state index contributed by atoms with van der Waals surface area (Å²) in [5.74, 6) is 0.0490. The molecular weight excluding hydrogens is 364 g/mol. The molecule has 0 spiro atoms. The molecule has 2 amide bonds. The Morgan fingerprint density at radius 3 is 2.45 bits per heavy atom. The van der Waals surface area contributed by atoms with Crippen molar-refractivity contribution in [3.8, 4) is 11.4 Å². The summed E-state index contributed by atoms with van der Waals surface area (Å²) in [6.45, 7) is 2.97. The fourth-order valence-corrected chi connectivity index (χ4v) is 3.39. The van der Waals surface area contributed by atoms with Gasteiger partial charge in [0.15, 0.2) is 5.82 Å². The van der Waals surface area contributed by atoms with E-state index < -0.39 is 0 Å². The van der Waals surface area contributed by atoms with Gasteiger partial charge < -0.3 is 10.2 Å². The number of likely N-dealkylation sites (tertiary alicyclic amines) is 1. The van der Waals surface area contributed by atoms with Gasteiger partial charge in [0.25, 0.3) is 0 Å². The SMILES string of the molecule is Cc1ccc(CN2CC(C(=O)Nc3cnc(-c4ccccc4)nc3)CC2=O)cc1. The van der Waals surface area contributed by atoms with Crippen molar-refractivity contribution < 1.29 is 9.59 Å². The summed E-state index contributed by atoms with van der Waals surface area (Å²) in [7, 11) is 0. The van der Waals surface area contributed by atoms with E-state index in [9.17, 15) is 9.59 Å². The van der Waals surface area contributed by atoms with Crippen molar-refractivity contribution in [3.05, 3.63) is 78.1 Å². The summed E-state index contributed by atoms with van der Waals surface area (Å²) in [6.07, 6.45) is 3.41. The zero-order valence-electron chi connectivity index (χ0n) is 16.2. The van der Waals surface area contributed by atoms with E-state index in [0.29, 0.717) is 24.6 Å². The predicted octanol–water partition coefficient (Wildman–Crippen LogP) is 3.44. The molecule has 6 nitrogen and oxygen atoms in total. The van der Waals surface area contributed by atoms with E-state index in [0.717, 1.165) is 11.1 Å². The molecule has 0 saturated carbocycles. The number of benzene rings is 2. The van der Waals surface area contributed by atoms with E-state index in [1.807, 2.05) is 61.5 Å². The molecule has 29 heavy (non-hydrogen) atoms. The van der Waals surface area contributed by atoms with Crippen molar-refractivity contribution in [2.75, 3.05) is 11.9 Å². The average molecular weight is 386 g/mol. The maximum absolute atomic E-state index is 12.6. The Bertz CT molecular complexity index is 1000. The molecule has 0 bridgehead atoms. The third-order valence-electron chi connectivity index (χ3n) is 5.03. The van der Waals surface area contributed by atoms with Crippen LogP contribution < -0.4 is 5.32 Å². The standard InChI is InChI=1S/C23H22N4O2/c1-16-7-9-17(10-8-16)14-27-15-19(11-21(27)28)23(29)26-20-12-24-22(25-13-20)18-5-3-2-4-6-18/h2-10,12-13,19H,11,14-15H2,1H3,(H,26,29). The van der Waals surface area contributed by atoms with E-state index in [1.165, 1.54) is 5.56 Å². The van der Waals surface area contributed by atoms with Crippen LogP contribution >= 0.6 is 0 Å². The van der Waals surface area contributed by atoms with Crippen molar-refractivity contribution in [1.82, 2.24) is 14.9 Å². The number of hydrogen-bond acceptors (Lipinski definition) is 4. The lowest BCUT2D eigenvalue weighted by Crippen LogP contribution is -2.28. The van der Waals surface area contributed by atoms with E-state index >= 15 is 0 Å². The number of nitrogens with zero attached hydrogens (tertiary/aromatic N) is 3. The van der Waals surface area contributed by atoms with Crippen LogP contribution in [0.15, 0.2) is 67.0 Å². The normalized spacial score (nSPS) is 16.1. The summed E-state index contributed by atoms with van der Waals surface area (Å²) in [6, 6.07) is 17.7. The van der Waals surface area contributed by atoms with E-state index in [4.69, 9.17) is 0 Å². The van der Waals surface area contributed by atoms with Gasteiger partial charge in [-0.15, -0.1) is 0 Å². The Kier molecular flexibility index (Phi) is 5.33. The molecule has 3 aromatic rings. The number of amides is 2. The monoisotopic (exact) mass is 386 g/mol. The van der Waals surface area contributed by atoms with Crippen LogP contribution in [0.4, 0.5) is 5.69 Å². The van der Waals surface area contributed by atoms with Crippen LogP contribution in [0.3, 0.4) is 0 Å². The first-order valence-corrected chi connectivity index (χ1v) is 9.60.